The van der Waals surface area contributed by atoms with Gasteiger partial charge in [0.1, 0.15) is 11.6 Å². The number of aryl methyl sites for hydroxylation is 1. The van der Waals surface area contributed by atoms with Crippen molar-refractivity contribution in [2.75, 3.05) is 18.0 Å². The Morgan fingerprint density at radius 1 is 1.53 bits per heavy atom. The molecule has 15 heavy (non-hydrogen) atoms. The predicted molar refractivity (Wildman–Crippen MR) is 60.7 cm³/mol. The van der Waals surface area contributed by atoms with Crippen LogP contribution in [0.3, 0.4) is 0 Å². The van der Waals surface area contributed by atoms with Crippen molar-refractivity contribution >= 4 is 5.82 Å². The summed E-state index contributed by atoms with van der Waals surface area (Å²) in [6, 6.07) is 2.31. The second-order valence-corrected chi connectivity index (χ2v) is 4.34. The Hall–Kier alpha value is -1.16. The molecule has 0 aromatic carbocycles. The summed E-state index contributed by atoms with van der Waals surface area (Å²) in [5, 5.41) is 0. The topological polar surface area (TPSA) is 55.0 Å². The molecule has 1 aliphatic heterocycles. The van der Waals surface area contributed by atoms with Crippen LogP contribution in [0.15, 0.2) is 12.3 Å². The van der Waals surface area contributed by atoms with Crippen LogP contribution in [0.1, 0.15) is 19.2 Å². The second-order valence-electron chi connectivity index (χ2n) is 4.34. The van der Waals surface area contributed by atoms with Crippen LogP contribution in [0.5, 0.6) is 0 Å². The molecule has 0 amide bonds. The normalized spacial score (nSPS) is 26.7. The third kappa shape index (κ3) is 2.26. The molecule has 0 radical (unpaired) electrons. The van der Waals surface area contributed by atoms with Gasteiger partial charge < -0.3 is 10.6 Å². The van der Waals surface area contributed by atoms with Crippen LogP contribution in [0.25, 0.3) is 0 Å². The van der Waals surface area contributed by atoms with Crippen molar-refractivity contribution in [3.05, 3.63) is 18.1 Å². The SMILES string of the molecule is Cc1nccc(N2CCC(N)C(C)C2)n1. The Labute approximate surface area is 90.5 Å². The zero-order valence-corrected chi connectivity index (χ0v) is 9.35. The Bertz CT molecular complexity index is 339. The van der Waals surface area contributed by atoms with Crippen molar-refractivity contribution in [3.8, 4) is 0 Å². The summed E-state index contributed by atoms with van der Waals surface area (Å²) in [5.74, 6) is 2.39. The van der Waals surface area contributed by atoms with Gasteiger partial charge in [0.25, 0.3) is 0 Å². The monoisotopic (exact) mass is 206 g/mol. The van der Waals surface area contributed by atoms with Crippen LogP contribution < -0.4 is 10.6 Å². The van der Waals surface area contributed by atoms with Crippen molar-refractivity contribution in [3.63, 3.8) is 0 Å². The summed E-state index contributed by atoms with van der Waals surface area (Å²) >= 11 is 0. The summed E-state index contributed by atoms with van der Waals surface area (Å²) in [4.78, 5) is 10.8. The molecule has 2 heterocycles. The molecule has 1 aromatic heterocycles. The van der Waals surface area contributed by atoms with E-state index in [-0.39, 0.29) is 0 Å². The van der Waals surface area contributed by atoms with E-state index in [1.165, 1.54) is 0 Å². The lowest BCUT2D eigenvalue weighted by Gasteiger charge is -2.35. The highest BCUT2D eigenvalue weighted by atomic mass is 15.2. The largest absolute Gasteiger partial charge is 0.356 e. The molecule has 1 saturated heterocycles. The molecule has 1 aromatic rings. The number of aromatic nitrogens is 2. The lowest BCUT2D eigenvalue weighted by Crippen LogP contribution is -2.46. The van der Waals surface area contributed by atoms with E-state index >= 15 is 0 Å². The molecule has 1 fully saturated rings. The number of rotatable bonds is 1. The number of anilines is 1. The van der Waals surface area contributed by atoms with Gasteiger partial charge in [0, 0.05) is 25.3 Å². The Morgan fingerprint density at radius 2 is 2.33 bits per heavy atom. The maximum Gasteiger partial charge on any atom is 0.132 e. The van der Waals surface area contributed by atoms with E-state index < -0.39 is 0 Å². The molecule has 0 aliphatic carbocycles. The zero-order valence-electron chi connectivity index (χ0n) is 9.35. The number of nitrogens with two attached hydrogens (primary N) is 1. The third-order valence-corrected chi connectivity index (χ3v) is 3.06. The van der Waals surface area contributed by atoms with Gasteiger partial charge in [-0.25, -0.2) is 9.97 Å². The standard InChI is InChI=1S/C11H18N4/c1-8-7-15(6-4-10(8)12)11-3-5-13-9(2)14-11/h3,5,8,10H,4,6-7,12H2,1-2H3. The highest BCUT2D eigenvalue weighted by Gasteiger charge is 2.23. The van der Waals surface area contributed by atoms with Gasteiger partial charge in [0.05, 0.1) is 0 Å². The lowest BCUT2D eigenvalue weighted by atomic mass is 9.95. The molecule has 2 unspecified atom stereocenters. The number of hydrogen-bond acceptors (Lipinski definition) is 4. The van der Waals surface area contributed by atoms with Gasteiger partial charge in [-0.15, -0.1) is 0 Å². The fraction of sp³-hybridized carbons (Fsp3) is 0.636. The molecule has 4 nitrogen and oxygen atoms in total. The van der Waals surface area contributed by atoms with E-state index in [1.54, 1.807) is 0 Å². The van der Waals surface area contributed by atoms with Gasteiger partial charge >= 0.3 is 0 Å². The van der Waals surface area contributed by atoms with Crippen molar-refractivity contribution in [2.45, 2.75) is 26.3 Å². The van der Waals surface area contributed by atoms with Gasteiger partial charge in [0.15, 0.2) is 0 Å². The Balaban J connectivity index is 2.12. The molecule has 0 saturated carbocycles. The smallest absolute Gasteiger partial charge is 0.132 e. The Morgan fingerprint density at radius 3 is 3.00 bits per heavy atom. The summed E-state index contributed by atoms with van der Waals surface area (Å²) in [6.45, 7) is 6.12. The van der Waals surface area contributed by atoms with Gasteiger partial charge in [-0.05, 0) is 25.3 Å². The fourth-order valence-corrected chi connectivity index (χ4v) is 1.99. The maximum atomic E-state index is 5.99. The molecule has 2 rings (SSSR count). The predicted octanol–water partition coefficient (Wildman–Crippen LogP) is 0.959. The van der Waals surface area contributed by atoms with Gasteiger partial charge in [-0.3, -0.25) is 0 Å². The lowest BCUT2D eigenvalue weighted by molar-refractivity contribution is 0.381. The first-order valence-corrected chi connectivity index (χ1v) is 5.47. The van der Waals surface area contributed by atoms with Crippen molar-refractivity contribution in [1.29, 1.82) is 0 Å². The van der Waals surface area contributed by atoms with Crippen LogP contribution in [-0.2, 0) is 0 Å². The highest BCUT2D eigenvalue weighted by molar-refractivity contribution is 5.38. The van der Waals surface area contributed by atoms with E-state index in [1.807, 2.05) is 19.2 Å². The van der Waals surface area contributed by atoms with E-state index in [9.17, 15) is 0 Å². The van der Waals surface area contributed by atoms with Crippen molar-refractivity contribution < 1.29 is 0 Å². The molecular formula is C11H18N4. The maximum absolute atomic E-state index is 5.99. The number of piperidine rings is 1. The average Bonchev–Trinajstić information content (AvgIpc) is 2.22. The molecule has 1 aliphatic rings. The minimum absolute atomic E-state index is 0.337. The number of nitrogens with zero attached hydrogens (tertiary/aromatic N) is 3. The minimum Gasteiger partial charge on any atom is -0.356 e. The van der Waals surface area contributed by atoms with Gasteiger partial charge in [-0.2, -0.15) is 0 Å². The molecule has 4 heteroatoms. The molecule has 2 atom stereocenters. The molecule has 0 spiro atoms. The van der Waals surface area contributed by atoms with Crippen LogP contribution in [0, 0.1) is 12.8 Å². The summed E-state index contributed by atoms with van der Waals surface area (Å²) in [7, 11) is 0. The quantitative estimate of drug-likeness (QED) is 0.743. The Kier molecular flexibility index (Phi) is 2.86. The van der Waals surface area contributed by atoms with E-state index in [0.717, 1.165) is 31.2 Å². The van der Waals surface area contributed by atoms with Gasteiger partial charge in [-0.1, -0.05) is 6.92 Å². The van der Waals surface area contributed by atoms with Crippen LogP contribution >= 0.6 is 0 Å². The van der Waals surface area contributed by atoms with Crippen LogP contribution in [-0.4, -0.2) is 29.1 Å². The van der Waals surface area contributed by atoms with Crippen molar-refractivity contribution in [1.82, 2.24) is 9.97 Å². The molecule has 2 N–H and O–H groups in total. The highest BCUT2D eigenvalue weighted by Crippen LogP contribution is 2.20. The summed E-state index contributed by atoms with van der Waals surface area (Å²) in [6.07, 6.45) is 2.86. The fourth-order valence-electron chi connectivity index (χ4n) is 1.99. The first-order chi connectivity index (χ1) is 7.16. The molecule has 0 bridgehead atoms. The number of hydrogen-bond donors (Lipinski definition) is 1. The third-order valence-electron chi connectivity index (χ3n) is 3.06. The van der Waals surface area contributed by atoms with Crippen molar-refractivity contribution in [2.24, 2.45) is 11.7 Å². The molecular weight excluding hydrogens is 188 g/mol. The van der Waals surface area contributed by atoms with Crippen LogP contribution in [0.2, 0.25) is 0 Å². The van der Waals surface area contributed by atoms with E-state index in [0.29, 0.717) is 12.0 Å². The zero-order chi connectivity index (χ0) is 10.8. The molecule has 82 valence electrons. The first kappa shape index (κ1) is 10.4. The minimum atomic E-state index is 0.337. The second kappa shape index (κ2) is 4.14. The summed E-state index contributed by atoms with van der Waals surface area (Å²) < 4.78 is 0. The first-order valence-electron chi connectivity index (χ1n) is 5.47. The van der Waals surface area contributed by atoms with Gasteiger partial charge in [0.2, 0.25) is 0 Å². The summed E-state index contributed by atoms with van der Waals surface area (Å²) in [5.41, 5.74) is 5.99. The average molecular weight is 206 g/mol. The van der Waals surface area contributed by atoms with E-state index in [4.69, 9.17) is 5.73 Å². The van der Waals surface area contributed by atoms with E-state index in [2.05, 4.69) is 21.8 Å². The van der Waals surface area contributed by atoms with Crippen LogP contribution in [0.4, 0.5) is 5.82 Å².